The van der Waals surface area contributed by atoms with Gasteiger partial charge in [-0.25, -0.2) is 0 Å². The first-order chi connectivity index (χ1) is 14.6. The van der Waals surface area contributed by atoms with Crippen molar-refractivity contribution < 1.29 is 0 Å². The molecule has 3 saturated carbocycles. The second-order valence-corrected chi connectivity index (χ2v) is 11.8. The third kappa shape index (κ3) is 10.1. The molecule has 0 aromatic heterocycles. The summed E-state index contributed by atoms with van der Waals surface area (Å²) in [6.45, 7) is 9.47. The molecular formula is C30H58. The maximum absolute atomic E-state index is 2.41. The Morgan fingerprint density at radius 1 is 0.633 bits per heavy atom. The molecule has 4 atom stereocenters. The van der Waals surface area contributed by atoms with Crippen LogP contribution in [0.15, 0.2) is 0 Å². The van der Waals surface area contributed by atoms with Crippen molar-refractivity contribution in [3.8, 4) is 0 Å². The molecule has 3 aliphatic carbocycles. The van der Waals surface area contributed by atoms with E-state index in [2.05, 4.69) is 27.7 Å². The molecule has 0 heterocycles. The Balaban J connectivity index is 0.000000269. The Kier molecular flexibility index (Phi) is 13.8. The van der Waals surface area contributed by atoms with Gasteiger partial charge in [-0.15, -0.1) is 0 Å². The quantitative estimate of drug-likeness (QED) is 0.326. The van der Waals surface area contributed by atoms with E-state index < -0.39 is 0 Å². The van der Waals surface area contributed by atoms with Crippen LogP contribution in [0.25, 0.3) is 0 Å². The molecule has 178 valence electrons. The minimum Gasteiger partial charge on any atom is -0.0654 e. The highest BCUT2D eigenvalue weighted by molar-refractivity contribution is 4.78. The summed E-state index contributed by atoms with van der Waals surface area (Å²) in [4.78, 5) is 0. The van der Waals surface area contributed by atoms with Gasteiger partial charge in [-0.2, -0.15) is 0 Å². The third-order valence-electron chi connectivity index (χ3n) is 9.39. The molecular weight excluding hydrogens is 360 g/mol. The fourth-order valence-electron chi connectivity index (χ4n) is 6.87. The zero-order chi connectivity index (χ0) is 21.6. The zero-order valence-corrected chi connectivity index (χ0v) is 21.6. The van der Waals surface area contributed by atoms with Crippen molar-refractivity contribution in [3.63, 3.8) is 0 Å². The molecule has 3 aliphatic rings. The maximum atomic E-state index is 2.41. The summed E-state index contributed by atoms with van der Waals surface area (Å²) in [5, 5.41) is 0. The fraction of sp³-hybridized carbons (Fsp3) is 1.00. The van der Waals surface area contributed by atoms with E-state index in [1.807, 2.05) is 0 Å². The molecule has 0 nitrogen and oxygen atoms in total. The lowest BCUT2D eigenvalue weighted by atomic mass is 9.72. The molecule has 0 aliphatic heterocycles. The van der Waals surface area contributed by atoms with Crippen molar-refractivity contribution in [1.29, 1.82) is 0 Å². The van der Waals surface area contributed by atoms with E-state index in [0.29, 0.717) is 0 Å². The van der Waals surface area contributed by atoms with Crippen LogP contribution in [-0.4, -0.2) is 0 Å². The lowest BCUT2D eigenvalue weighted by Crippen LogP contribution is -2.22. The van der Waals surface area contributed by atoms with E-state index in [0.717, 1.165) is 35.5 Å². The number of hydrogen-bond donors (Lipinski definition) is 0. The van der Waals surface area contributed by atoms with E-state index >= 15 is 0 Å². The Labute approximate surface area is 191 Å². The Morgan fingerprint density at radius 2 is 1.30 bits per heavy atom. The molecule has 30 heavy (non-hydrogen) atoms. The summed E-state index contributed by atoms with van der Waals surface area (Å²) in [5.41, 5.74) is 0. The predicted octanol–water partition coefficient (Wildman–Crippen LogP) is 10.6. The van der Waals surface area contributed by atoms with Crippen LogP contribution in [0.4, 0.5) is 0 Å². The molecule has 0 aromatic carbocycles. The maximum Gasteiger partial charge on any atom is -0.0383 e. The fourth-order valence-corrected chi connectivity index (χ4v) is 6.87. The van der Waals surface area contributed by atoms with Gasteiger partial charge < -0.3 is 0 Å². The van der Waals surface area contributed by atoms with Crippen LogP contribution in [0, 0.1) is 35.5 Å². The molecule has 0 aromatic rings. The van der Waals surface area contributed by atoms with Gasteiger partial charge in [0, 0.05) is 0 Å². The van der Waals surface area contributed by atoms with Crippen molar-refractivity contribution in [3.05, 3.63) is 0 Å². The number of hydrogen-bond acceptors (Lipinski definition) is 0. The minimum absolute atomic E-state index is 0.985. The molecule has 0 bridgehead atoms. The number of rotatable bonds is 9. The van der Waals surface area contributed by atoms with Crippen molar-refractivity contribution in [2.45, 2.75) is 156 Å². The van der Waals surface area contributed by atoms with Crippen molar-refractivity contribution in [2.24, 2.45) is 35.5 Å². The molecule has 3 fully saturated rings. The van der Waals surface area contributed by atoms with Gasteiger partial charge in [0.25, 0.3) is 0 Å². The van der Waals surface area contributed by atoms with E-state index in [-0.39, 0.29) is 0 Å². The van der Waals surface area contributed by atoms with Crippen molar-refractivity contribution in [2.75, 3.05) is 0 Å². The Morgan fingerprint density at radius 3 is 1.90 bits per heavy atom. The topological polar surface area (TPSA) is 0 Å². The van der Waals surface area contributed by atoms with Crippen LogP contribution in [0.1, 0.15) is 156 Å². The first-order valence-electron chi connectivity index (χ1n) is 14.6. The van der Waals surface area contributed by atoms with Gasteiger partial charge in [-0.1, -0.05) is 143 Å². The highest BCUT2D eigenvalue weighted by Crippen LogP contribution is 2.39. The summed E-state index contributed by atoms with van der Waals surface area (Å²) in [6.07, 6.45) is 30.2. The Hall–Kier alpha value is 0. The van der Waals surface area contributed by atoms with Gasteiger partial charge in [0.05, 0.1) is 0 Å². The third-order valence-corrected chi connectivity index (χ3v) is 9.39. The highest BCUT2D eigenvalue weighted by Gasteiger charge is 2.26. The zero-order valence-electron chi connectivity index (χ0n) is 21.6. The smallest absolute Gasteiger partial charge is 0.0383 e. The second kappa shape index (κ2) is 15.7. The van der Waals surface area contributed by atoms with Crippen LogP contribution in [0.5, 0.6) is 0 Å². The molecule has 4 unspecified atom stereocenters. The van der Waals surface area contributed by atoms with Crippen LogP contribution < -0.4 is 0 Å². The van der Waals surface area contributed by atoms with E-state index in [9.17, 15) is 0 Å². The van der Waals surface area contributed by atoms with Crippen LogP contribution in [0.3, 0.4) is 0 Å². The molecule has 3 rings (SSSR count). The summed E-state index contributed by atoms with van der Waals surface area (Å²) in [5.74, 6) is 6.32. The van der Waals surface area contributed by atoms with Gasteiger partial charge in [-0.05, 0) is 48.3 Å². The summed E-state index contributed by atoms with van der Waals surface area (Å²) in [6, 6.07) is 0. The van der Waals surface area contributed by atoms with E-state index in [1.165, 1.54) is 89.9 Å². The first-order valence-corrected chi connectivity index (χ1v) is 14.6. The van der Waals surface area contributed by atoms with Gasteiger partial charge in [0.15, 0.2) is 0 Å². The van der Waals surface area contributed by atoms with Crippen LogP contribution >= 0.6 is 0 Å². The minimum atomic E-state index is 0.985. The molecule has 0 amide bonds. The van der Waals surface area contributed by atoms with Crippen LogP contribution in [0.2, 0.25) is 0 Å². The first kappa shape index (κ1) is 26.3. The van der Waals surface area contributed by atoms with Gasteiger partial charge in [0.1, 0.15) is 0 Å². The lowest BCUT2D eigenvalue weighted by molar-refractivity contribution is 0.177. The van der Waals surface area contributed by atoms with Gasteiger partial charge >= 0.3 is 0 Å². The molecule has 0 saturated heterocycles. The monoisotopic (exact) mass is 418 g/mol. The SMILES string of the molecule is CCC1CCC(C)C(C)C1.CCCCCCC(CC1CCCCC1)C1CCCCC1. The van der Waals surface area contributed by atoms with Gasteiger partial charge in [0.2, 0.25) is 0 Å². The Bertz CT molecular complexity index is 387. The van der Waals surface area contributed by atoms with Crippen LogP contribution in [-0.2, 0) is 0 Å². The normalized spacial score (nSPS) is 29.8. The van der Waals surface area contributed by atoms with E-state index in [4.69, 9.17) is 0 Å². The summed E-state index contributed by atoms with van der Waals surface area (Å²) < 4.78 is 0. The highest BCUT2D eigenvalue weighted by atomic mass is 14.3. The average molecular weight is 419 g/mol. The largest absolute Gasteiger partial charge is 0.0654 e. The molecule has 0 spiro atoms. The lowest BCUT2D eigenvalue weighted by Gasteiger charge is -2.34. The molecule has 0 N–H and O–H groups in total. The standard InChI is InChI=1S/C20H38.C10H20/c1-2-3-4-9-16-20(19-14-10-6-11-15-19)17-18-12-7-5-8-13-18;1-4-10-6-5-8(2)9(3)7-10/h18-20H,2-17H2,1H3;8-10H,4-7H2,1-3H3. The second-order valence-electron chi connectivity index (χ2n) is 11.8. The van der Waals surface area contributed by atoms with Gasteiger partial charge in [-0.3, -0.25) is 0 Å². The average Bonchev–Trinajstić information content (AvgIpc) is 2.79. The predicted molar refractivity (Wildman–Crippen MR) is 136 cm³/mol. The van der Waals surface area contributed by atoms with Crippen molar-refractivity contribution >= 4 is 0 Å². The van der Waals surface area contributed by atoms with Crippen molar-refractivity contribution in [1.82, 2.24) is 0 Å². The van der Waals surface area contributed by atoms with E-state index in [1.54, 1.807) is 38.5 Å². The molecule has 0 heteroatoms. The molecule has 0 radical (unpaired) electrons. The summed E-state index contributed by atoms with van der Waals surface area (Å²) >= 11 is 0. The number of unbranched alkanes of at least 4 members (excludes halogenated alkanes) is 3. The summed E-state index contributed by atoms with van der Waals surface area (Å²) in [7, 11) is 0.